The van der Waals surface area contributed by atoms with Crippen LogP contribution in [-0.4, -0.2) is 20.2 Å². The zero-order chi connectivity index (χ0) is 13.1. The molecule has 2 aromatic rings. The molecule has 18 heavy (non-hydrogen) atoms. The fourth-order valence-corrected chi connectivity index (χ4v) is 3.29. The topological polar surface area (TPSA) is 66.2 Å². The van der Waals surface area contributed by atoms with E-state index in [1.165, 1.54) is 21.6 Å². The summed E-state index contributed by atoms with van der Waals surface area (Å²) in [6.07, 6.45) is 0. The Balaban J connectivity index is 2.16. The Morgan fingerprint density at radius 2 is 1.17 bits per heavy atom. The van der Waals surface area contributed by atoms with Crippen molar-refractivity contribution >= 4 is 21.6 Å². The molecule has 2 rings (SSSR count). The second-order valence-electron chi connectivity index (χ2n) is 3.72. The zero-order valence-corrected chi connectivity index (χ0v) is 11.5. The Bertz CT molecular complexity index is 524. The molecule has 0 aliphatic carbocycles. The van der Waals surface area contributed by atoms with Crippen LogP contribution in [0.25, 0.3) is 0 Å². The second-order valence-corrected chi connectivity index (χ2v) is 5.83. The fraction of sp³-hybridized carbons (Fsp3) is 0.167. The number of nitrogens with zero attached hydrogens (tertiary/aromatic N) is 2. The van der Waals surface area contributed by atoms with Crippen LogP contribution < -0.4 is 0 Å². The van der Waals surface area contributed by atoms with Crippen LogP contribution in [0.4, 0.5) is 0 Å². The summed E-state index contributed by atoms with van der Waals surface area (Å²) < 4.78 is 0. The lowest BCUT2D eigenvalue weighted by molar-refractivity contribution is 0.455. The Labute approximate surface area is 113 Å². The Kier molecular flexibility index (Phi) is 3.98. The SMILES string of the molecule is Cc1ccc(O)c(SSc2nc(C)ccc2O)n1. The van der Waals surface area contributed by atoms with Crippen LogP contribution in [0.1, 0.15) is 11.4 Å². The van der Waals surface area contributed by atoms with Crippen LogP contribution in [-0.2, 0) is 0 Å². The third kappa shape index (κ3) is 3.08. The van der Waals surface area contributed by atoms with Crippen molar-refractivity contribution in [2.24, 2.45) is 0 Å². The Hall–Kier alpha value is -1.40. The minimum atomic E-state index is 0.130. The summed E-state index contributed by atoms with van der Waals surface area (Å²) in [7, 11) is 2.54. The normalized spacial score (nSPS) is 10.6. The monoisotopic (exact) mass is 280 g/mol. The van der Waals surface area contributed by atoms with Gasteiger partial charge in [0.05, 0.1) is 0 Å². The van der Waals surface area contributed by atoms with Gasteiger partial charge in [0.25, 0.3) is 0 Å². The third-order valence-electron chi connectivity index (χ3n) is 2.16. The summed E-state index contributed by atoms with van der Waals surface area (Å²) in [6, 6.07) is 6.70. The van der Waals surface area contributed by atoms with Gasteiger partial charge in [-0.1, -0.05) is 0 Å². The molecule has 0 aromatic carbocycles. The Morgan fingerprint density at radius 3 is 1.56 bits per heavy atom. The molecular formula is C12H12N2O2S2. The van der Waals surface area contributed by atoms with Crippen LogP contribution in [0.5, 0.6) is 11.5 Å². The molecule has 4 nitrogen and oxygen atoms in total. The molecular weight excluding hydrogens is 268 g/mol. The van der Waals surface area contributed by atoms with E-state index in [1.54, 1.807) is 24.3 Å². The quantitative estimate of drug-likeness (QED) is 0.841. The zero-order valence-electron chi connectivity index (χ0n) is 9.91. The first kappa shape index (κ1) is 13.0. The van der Waals surface area contributed by atoms with Crippen molar-refractivity contribution in [3.05, 3.63) is 35.7 Å². The molecule has 6 heteroatoms. The molecule has 0 fully saturated rings. The van der Waals surface area contributed by atoms with Crippen molar-refractivity contribution in [3.8, 4) is 11.5 Å². The summed E-state index contributed by atoms with van der Waals surface area (Å²) in [4.78, 5) is 8.45. The van der Waals surface area contributed by atoms with Gasteiger partial charge in [0, 0.05) is 11.4 Å². The van der Waals surface area contributed by atoms with E-state index in [4.69, 9.17) is 0 Å². The summed E-state index contributed by atoms with van der Waals surface area (Å²) in [5.41, 5.74) is 1.66. The van der Waals surface area contributed by atoms with Gasteiger partial charge in [0.15, 0.2) is 0 Å². The largest absolute Gasteiger partial charge is 0.505 e. The molecule has 2 aromatic heterocycles. The Morgan fingerprint density at radius 1 is 0.778 bits per heavy atom. The molecule has 0 bridgehead atoms. The molecule has 0 atom stereocenters. The highest BCUT2D eigenvalue weighted by Crippen LogP contribution is 2.42. The smallest absolute Gasteiger partial charge is 0.149 e. The van der Waals surface area contributed by atoms with Crippen molar-refractivity contribution in [2.75, 3.05) is 0 Å². The van der Waals surface area contributed by atoms with E-state index < -0.39 is 0 Å². The molecule has 2 N–H and O–H groups in total. The van der Waals surface area contributed by atoms with Crippen molar-refractivity contribution in [1.29, 1.82) is 0 Å². The summed E-state index contributed by atoms with van der Waals surface area (Å²) >= 11 is 0. The highest BCUT2D eigenvalue weighted by Gasteiger charge is 2.09. The van der Waals surface area contributed by atoms with E-state index in [1.807, 2.05) is 13.8 Å². The van der Waals surface area contributed by atoms with E-state index in [9.17, 15) is 10.2 Å². The van der Waals surface area contributed by atoms with E-state index in [0.717, 1.165) is 11.4 Å². The molecule has 0 unspecified atom stereocenters. The first-order chi connectivity index (χ1) is 8.56. The lowest BCUT2D eigenvalue weighted by Crippen LogP contribution is -1.85. The predicted molar refractivity (Wildman–Crippen MR) is 73.0 cm³/mol. The van der Waals surface area contributed by atoms with Crippen LogP contribution >= 0.6 is 21.6 Å². The number of rotatable bonds is 3. The van der Waals surface area contributed by atoms with Gasteiger partial charge in [-0.05, 0) is 59.7 Å². The molecule has 0 saturated carbocycles. The number of aryl methyl sites for hydroxylation is 2. The number of aromatic hydroxyl groups is 2. The van der Waals surface area contributed by atoms with Crippen LogP contribution in [0, 0.1) is 13.8 Å². The van der Waals surface area contributed by atoms with Gasteiger partial charge >= 0.3 is 0 Å². The number of hydrogen-bond acceptors (Lipinski definition) is 6. The molecule has 94 valence electrons. The van der Waals surface area contributed by atoms with Crippen LogP contribution in [0.15, 0.2) is 34.3 Å². The van der Waals surface area contributed by atoms with Crippen LogP contribution in [0.3, 0.4) is 0 Å². The first-order valence-corrected chi connectivity index (χ1v) is 7.39. The van der Waals surface area contributed by atoms with Gasteiger partial charge in [0.1, 0.15) is 21.6 Å². The van der Waals surface area contributed by atoms with Gasteiger partial charge in [-0.2, -0.15) is 0 Å². The fourth-order valence-electron chi connectivity index (χ4n) is 1.25. The minimum absolute atomic E-state index is 0.130. The van der Waals surface area contributed by atoms with E-state index in [0.29, 0.717) is 10.1 Å². The van der Waals surface area contributed by atoms with E-state index >= 15 is 0 Å². The van der Waals surface area contributed by atoms with Gasteiger partial charge in [-0.15, -0.1) is 0 Å². The van der Waals surface area contributed by atoms with E-state index in [2.05, 4.69) is 9.97 Å². The van der Waals surface area contributed by atoms with Crippen molar-refractivity contribution in [1.82, 2.24) is 9.97 Å². The predicted octanol–water partition coefficient (Wildman–Crippen LogP) is 3.30. The first-order valence-electron chi connectivity index (χ1n) is 5.24. The summed E-state index contributed by atoms with van der Waals surface area (Å²) in [6.45, 7) is 3.72. The molecule has 2 heterocycles. The molecule has 0 aliphatic rings. The molecule has 0 aliphatic heterocycles. The number of hydrogen-bond donors (Lipinski definition) is 2. The number of aromatic nitrogens is 2. The molecule has 0 amide bonds. The van der Waals surface area contributed by atoms with Gasteiger partial charge < -0.3 is 10.2 Å². The van der Waals surface area contributed by atoms with Crippen molar-refractivity contribution < 1.29 is 10.2 Å². The van der Waals surface area contributed by atoms with Crippen molar-refractivity contribution in [3.63, 3.8) is 0 Å². The maximum atomic E-state index is 9.66. The summed E-state index contributed by atoms with van der Waals surface area (Å²) in [5, 5.41) is 20.3. The molecule has 0 saturated heterocycles. The molecule has 0 spiro atoms. The average Bonchev–Trinajstić information content (AvgIpc) is 2.34. The van der Waals surface area contributed by atoms with Gasteiger partial charge in [-0.3, -0.25) is 0 Å². The van der Waals surface area contributed by atoms with Gasteiger partial charge in [0.2, 0.25) is 0 Å². The third-order valence-corrected chi connectivity index (χ3v) is 4.36. The standard InChI is InChI=1S/C12H12N2O2S2/c1-7-3-5-9(15)11(13-7)17-18-12-10(16)6-4-8(2)14-12/h3-6,15-16H,1-2H3. The number of pyridine rings is 2. The van der Waals surface area contributed by atoms with E-state index in [-0.39, 0.29) is 11.5 Å². The van der Waals surface area contributed by atoms with Gasteiger partial charge in [-0.25, -0.2) is 9.97 Å². The average molecular weight is 280 g/mol. The highest BCUT2D eigenvalue weighted by molar-refractivity contribution is 8.76. The maximum absolute atomic E-state index is 9.66. The summed E-state index contributed by atoms with van der Waals surface area (Å²) in [5.74, 6) is 0.260. The molecule has 0 radical (unpaired) electrons. The minimum Gasteiger partial charge on any atom is -0.505 e. The highest BCUT2D eigenvalue weighted by atomic mass is 33.1. The maximum Gasteiger partial charge on any atom is 0.149 e. The van der Waals surface area contributed by atoms with Crippen LogP contribution in [0.2, 0.25) is 0 Å². The second kappa shape index (κ2) is 5.49. The lowest BCUT2D eigenvalue weighted by atomic mass is 10.4. The van der Waals surface area contributed by atoms with Crippen molar-refractivity contribution in [2.45, 2.75) is 23.9 Å². The lowest BCUT2D eigenvalue weighted by Gasteiger charge is -2.05.